The predicted molar refractivity (Wildman–Crippen MR) is 102 cm³/mol. The minimum absolute atomic E-state index is 0. The molecule has 0 amide bonds. The lowest BCUT2D eigenvalue weighted by Crippen LogP contribution is -2.45. The number of nitrogens with one attached hydrogen (secondary N) is 1. The zero-order valence-corrected chi connectivity index (χ0v) is 16.3. The normalized spacial score (nSPS) is 16.6. The quantitative estimate of drug-likeness (QED) is 0.710. The Morgan fingerprint density at radius 1 is 1.12 bits per heavy atom. The molecule has 140 valence electrons. The summed E-state index contributed by atoms with van der Waals surface area (Å²) in [5.41, 5.74) is -0.106. The highest BCUT2D eigenvalue weighted by atomic mass is 35.5. The first-order valence-corrected chi connectivity index (χ1v) is 8.57. The molecule has 1 aliphatic rings. The third-order valence-corrected chi connectivity index (χ3v) is 5.04. The van der Waals surface area contributed by atoms with E-state index < -0.39 is 11.7 Å². The lowest BCUT2D eigenvalue weighted by atomic mass is 10.00. The molecule has 1 aromatic heterocycles. The summed E-state index contributed by atoms with van der Waals surface area (Å²) >= 11 is 7.53. The van der Waals surface area contributed by atoms with Crippen molar-refractivity contribution >= 4 is 47.8 Å². The van der Waals surface area contributed by atoms with Crippen molar-refractivity contribution in [1.82, 2.24) is 10.2 Å². The fraction of sp³-hybridized carbons (Fsp3) is 0.375. The number of rotatable bonds is 3. The predicted octanol–water partition coefficient (Wildman–Crippen LogP) is 5.26. The van der Waals surface area contributed by atoms with E-state index in [0.29, 0.717) is 5.56 Å². The molecule has 3 rings (SSSR count). The van der Waals surface area contributed by atoms with Crippen LogP contribution in [0.15, 0.2) is 35.7 Å². The van der Waals surface area contributed by atoms with E-state index in [1.807, 2.05) is 17.5 Å². The van der Waals surface area contributed by atoms with Crippen molar-refractivity contribution in [2.45, 2.75) is 12.2 Å². The van der Waals surface area contributed by atoms with Crippen LogP contribution in [0.4, 0.5) is 13.2 Å². The molecule has 0 spiro atoms. The highest BCUT2D eigenvalue weighted by Gasteiger charge is 2.33. The average molecular weight is 434 g/mol. The lowest BCUT2D eigenvalue weighted by molar-refractivity contribution is -0.137. The zero-order chi connectivity index (χ0) is 16.4. The van der Waals surface area contributed by atoms with Crippen molar-refractivity contribution in [2.24, 2.45) is 0 Å². The second-order valence-corrected chi connectivity index (χ2v) is 6.89. The van der Waals surface area contributed by atoms with Crippen LogP contribution in [0.25, 0.3) is 0 Å². The Morgan fingerprint density at radius 3 is 2.36 bits per heavy atom. The van der Waals surface area contributed by atoms with Gasteiger partial charge in [-0.25, -0.2) is 0 Å². The molecule has 0 aliphatic carbocycles. The molecule has 0 radical (unpaired) electrons. The van der Waals surface area contributed by atoms with Crippen LogP contribution in [0.2, 0.25) is 5.02 Å². The van der Waals surface area contributed by atoms with Gasteiger partial charge in [-0.2, -0.15) is 13.2 Å². The number of hydrogen-bond acceptors (Lipinski definition) is 3. The first-order chi connectivity index (χ1) is 10.9. The fourth-order valence-corrected chi connectivity index (χ4v) is 4.01. The molecule has 2 nitrogen and oxygen atoms in total. The van der Waals surface area contributed by atoms with E-state index in [1.54, 1.807) is 17.4 Å². The van der Waals surface area contributed by atoms with Crippen LogP contribution in [0.5, 0.6) is 0 Å². The van der Waals surface area contributed by atoms with E-state index in [4.69, 9.17) is 11.6 Å². The number of hydrogen-bond donors (Lipinski definition) is 1. The topological polar surface area (TPSA) is 15.3 Å². The van der Waals surface area contributed by atoms with Gasteiger partial charge in [0.2, 0.25) is 0 Å². The van der Waals surface area contributed by atoms with Crippen molar-refractivity contribution in [1.29, 1.82) is 0 Å². The zero-order valence-electron chi connectivity index (χ0n) is 13.1. The van der Waals surface area contributed by atoms with Gasteiger partial charge in [0, 0.05) is 36.1 Å². The Kier molecular flexibility index (Phi) is 8.51. The maximum atomic E-state index is 13.1. The maximum Gasteiger partial charge on any atom is 0.416 e. The maximum absolute atomic E-state index is 13.1. The van der Waals surface area contributed by atoms with Gasteiger partial charge in [-0.15, -0.1) is 36.2 Å². The van der Waals surface area contributed by atoms with Crippen LogP contribution < -0.4 is 5.32 Å². The SMILES string of the molecule is Cl.Cl.FC(F)(F)c1cc(Cl)cc([C@@H](c2cccs2)N2CCNCC2)c1. The Bertz CT molecular complexity index is 659. The Labute approximate surface area is 166 Å². The molecular weight excluding hydrogens is 416 g/mol. The Morgan fingerprint density at radius 2 is 1.80 bits per heavy atom. The molecule has 1 aliphatic heterocycles. The molecule has 9 heteroatoms. The van der Waals surface area contributed by atoms with Crippen LogP contribution >= 0.6 is 47.8 Å². The van der Waals surface area contributed by atoms with Gasteiger partial charge < -0.3 is 5.32 Å². The van der Waals surface area contributed by atoms with E-state index in [-0.39, 0.29) is 35.9 Å². The largest absolute Gasteiger partial charge is 0.416 e. The Hall–Kier alpha value is -0.500. The summed E-state index contributed by atoms with van der Waals surface area (Å²) in [7, 11) is 0. The lowest BCUT2D eigenvalue weighted by Gasteiger charge is -2.35. The van der Waals surface area contributed by atoms with Gasteiger partial charge in [-0.1, -0.05) is 17.7 Å². The smallest absolute Gasteiger partial charge is 0.314 e. The molecule has 0 saturated carbocycles. The summed E-state index contributed by atoms with van der Waals surface area (Å²) < 4.78 is 39.3. The third kappa shape index (κ3) is 5.49. The van der Waals surface area contributed by atoms with Gasteiger partial charge >= 0.3 is 6.18 Å². The number of alkyl halides is 3. The number of nitrogens with zero attached hydrogens (tertiary/aromatic N) is 1. The van der Waals surface area contributed by atoms with E-state index in [2.05, 4.69) is 10.2 Å². The number of piperazine rings is 1. The van der Waals surface area contributed by atoms with Crippen molar-refractivity contribution in [3.63, 3.8) is 0 Å². The van der Waals surface area contributed by atoms with E-state index in [1.165, 1.54) is 6.07 Å². The molecule has 2 heterocycles. The van der Waals surface area contributed by atoms with Crippen molar-refractivity contribution < 1.29 is 13.2 Å². The van der Waals surface area contributed by atoms with E-state index >= 15 is 0 Å². The van der Waals surface area contributed by atoms with Crippen molar-refractivity contribution in [3.8, 4) is 0 Å². The number of halogens is 6. The third-order valence-electron chi connectivity index (χ3n) is 3.89. The van der Waals surface area contributed by atoms with E-state index in [0.717, 1.165) is 37.1 Å². The molecule has 2 aromatic rings. The highest BCUT2D eigenvalue weighted by molar-refractivity contribution is 7.10. The highest BCUT2D eigenvalue weighted by Crippen LogP contribution is 2.37. The number of benzene rings is 1. The minimum atomic E-state index is -4.40. The second-order valence-electron chi connectivity index (χ2n) is 5.47. The van der Waals surface area contributed by atoms with Crippen LogP contribution in [0.3, 0.4) is 0 Å². The first-order valence-electron chi connectivity index (χ1n) is 7.31. The first kappa shape index (κ1) is 22.5. The molecule has 1 atom stereocenters. The molecule has 0 unspecified atom stereocenters. The minimum Gasteiger partial charge on any atom is -0.314 e. The van der Waals surface area contributed by atoms with Gasteiger partial charge in [0.05, 0.1) is 11.6 Å². The van der Waals surface area contributed by atoms with Crippen molar-refractivity contribution in [3.05, 3.63) is 56.7 Å². The summed E-state index contributed by atoms with van der Waals surface area (Å²) in [6.45, 7) is 3.23. The van der Waals surface area contributed by atoms with Gasteiger partial charge in [-0.05, 0) is 35.2 Å². The standard InChI is InChI=1S/C16H16ClF3N2S.2ClH/c17-13-9-11(8-12(10-13)16(18,19)20)15(14-2-1-7-23-14)22-5-3-21-4-6-22;;/h1-2,7-10,15,21H,3-6H2;2*1H/t15-;;/m0../s1. The summed E-state index contributed by atoms with van der Waals surface area (Å²) in [6.07, 6.45) is -4.40. The molecular formula is C16H18Cl3F3N2S. The van der Waals surface area contributed by atoms with Crippen LogP contribution in [-0.4, -0.2) is 31.1 Å². The van der Waals surface area contributed by atoms with Gasteiger partial charge in [-0.3, -0.25) is 4.90 Å². The summed E-state index contributed by atoms with van der Waals surface area (Å²) in [5.74, 6) is 0. The number of thiophene rings is 1. The van der Waals surface area contributed by atoms with Gasteiger partial charge in [0.1, 0.15) is 0 Å². The average Bonchev–Trinajstić information content (AvgIpc) is 3.01. The van der Waals surface area contributed by atoms with Gasteiger partial charge in [0.25, 0.3) is 0 Å². The molecule has 1 N–H and O–H groups in total. The van der Waals surface area contributed by atoms with Crippen LogP contribution in [0, 0.1) is 0 Å². The Balaban J connectivity index is 0.00000156. The molecule has 1 aromatic carbocycles. The molecule has 1 fully saturated rings. The summed E-state index contributed by atoms with van der Waals surface area (Å²) in [6, 6.07) is 7.53. The van der Waals surface area contributed by atoms with E-state index in [9.17, 15) is 13.2 Å². The molecule has 25 heavy (non-hydrogen) atoms. The van der Waals surface area contributed by atoms with Crippen LogP contribution in [-0.2, 0) is 6.18 Å². The summed E-state index contributed by atoms with van der Waals surface area (Å²) in [4.78, 5) is 3.23. The molecule has 1 saturated heterocycles. The van der Waals surface area contributed by atoms with Crippen LogP contribution in [0.1, 0.15) is 22.0 Å². The van der Waals surface area contributed by atoms with Gasteiger partial charge in [0.15, 0.2) is 0 Å². The monoisotopic (exact) mass is 432 g/mol. The fourth-order valence-electron chi connectivity index (χ4n) is 2.88. The second kappa shape index (κ2) is 9.44. The molecule has 0 bridgehead atoms. The van der Waals surface area contributed by atoms with Crippen molar-refractivity contribution in [2.75, 3.05) is 26.2 Å². The summed E-state index contributed by atoms with van der Waals surface area (Å²) in [5, 5.41) is 5.33.